The van der Waals surface area contributed by atoms with Gasteiger partial charge in [0.25, 0.3) is 0 Å². The Morgan fingerprint density at radius 2 is 2.00 bits per heavy atom. The summed E-state index contributed by atoms with van der Waals surface area (Å²) in [6, 6.07) is 7.24. The highest BCUT2D eigenvalue weighted by molar-refractivity contribution is 5.83. The minimum atomic E-state index is -0.439. The second-order valence-electron chi connectivity index (χ2n) is 4.15. The maximum atomic E-state index is 11.3. The second kappa shape index (κ2) is 6.61. The fraction of sp³-hybridized carbons (Fsp3) is 0.333. The van der Waals surface area contributed by atoms with Crippen molar-refractivity contribution in [3.63, 3.8) is 0 Å². The molecule has 0 aliphatic rings. The Kier molecular flexibility index (Phi) is 5.13. The van der Waals surface area contributed by atoms with Crippen LogP contribution in [0.5, 0.6) is 0 Å². The number of hydrogen-bond donors (Lipinski definition) is 4. The molecule has 1 aromatic carbocycles. The molecule has 0 heterocycles. The molecule has 0 radical (unpaired) electrons. The third-order valence-corrected chi connectivity index (χ3v) is 2.64. The molecule has 0 bridgehead atoms. The van der Waals surface area contributed by atoms with Crippen LogP contribution in [0.2, 0.25) is 0 Å². The van der Waals surface area contributed by atoms with Crippen LogP contribution in [0.1, 0.15) is 30.5 Å². The first-order chi connectivity index (χ1) is 8.56. The van der Waals surface area contributed by atoms with E-state index in [0.29, 0.717) is 6.42 Å². The van der Waals surface area contributed by atoms with Crippen LogP contribution in [0.3, 0.4) is 0 Å². The predicted molar refractivity (Wildman–Crippen MR) is 71.7 cm³/mol. The van der Waals surface area contributed by atoms with Crippen LogP contribution in [0, 0.1) is 6.92 Å². The van der Waals surface area contributed by atoms with E-state index in [-0.39, 0.29) is 6.04 Å². The zero-order valence-corrected chi connectivity index (χ0v) is 10.6. The summed E-state index contributed by atoms with van der Waals surface area (Å²) >= 11 is 0. The van der Waals surface area contributed by atoms with E-state index in [0.717, 1.165) is 16.8 Å². The van der Waals surface area contributed by atoms with E-state index < -0.39 is 6.03 Å². The third kappa shape index (κ3) is 4.06. The van der Waals surface area contributed by atoms with Crippen molar-refractivity contribution in [1.29, 1.82) is 0 Å². The van der Waals surface area contributed by atoms with E-state index >= 15 is 0 Å². The van der Waals surface area contributed by atoms with E-state index in [1.54, 1.807) is 0 Å². The first-order valence-corrected chi connectivity index (χ1v) is 5.64. The molecule has 6 N–H and O–H groups in total. The number of carbonyl (C=O) groups is 1. The number of nitrogens with two attached hydrogens (primary N) is 2. The summed E-state index contributed by atoms with van der Waals surface area (Å²) < 4.78 is 0. The maximum absolute atomic E-state index is 11.3. The van der Waals surface area contributed by atoms with Crippen molar-refractivity contribution in [3.8, 4) is 0 Å². The number of nitrogens with one attached hydrogen (secondary N) is 2. The van der Waals surface area contributed by atoms with E-state index in [2.05, 4.69) is 10.4 Å². The van der Waals surface area contributed by atoms with Gasteiger partial charge in [-0.1, -0.05) is 29.8 Å². The molecule has 0 spiro atoms. The molecule has 0 aromatic heterocycles. The van der Waals surface area contributed by atoms with Crippen LogP contribution in [-0.2, 0) is 0 Å². The van der Waals surface area contributed by atoms with Crippen molar-refractivity contribution < 1.29 is 4.79 Å². The molecule has 2 amide bonds. The van der Waals surface area contributed by atoms with Crippen molar-refractivity contribution >= 4 is 11.7 Å². The standard InChI is InChI=1S/C12H19N5O/c1-8-3-5-10(6-4-8)11(7-9(2)16-13)15-12(18)17-14/h3-6,11H,7,13-14H2,1-2H3,(H2,15,17,18)/b16-9+. The van der Waals surface area contributed by atoms with E-state index in [1.165, 1.54) is 0 Å². The highest BCUT2D eigenvalue weighted by Gasteiger charge is 2.15. The fourth-order valence-electron chi connectivity index (χ4n) is 1.60. The van der Waals surface area contributed by atoms with Crippen LogP contribution in [0.4, 0.5) is 4.79 Å². The number of carbonyl (C=O) groups excluding carboxylic acids is 1. The third-order valence-electron chi connectivity index (χ3n) is 2.64. The van der Waals surface area contributed by atoms with Gasteiger partial charge in [-0.2, -0.15) is 5.10 Å². The van der Waals surface area contributed by atoms with Gasteiger partial charge >= 0.3 is 6.03 Å². The lowest BCUT2D eigenvalue weighted by Crippen LogP contribution is -2.42. The van der Waals surface area contributed by atoms with Crippen molar-refractivity contribution in [1.82, 2.24) is 10.7 Å². The van der Waals surface area contributed by atoms with Gasteiger partial charge < -0.3 is 11.2 Å². The number of hydrazone groups is 1. The number of amides is 2. The molecule has 6 heteroatoms. The van der Waals surface area contributed by atoms with Crippen LogP contribution in [0.15, 0.2) is 29.4 Å². The molecule has 0 aliphatic carbocycles. The van der Waals surface area contributed by atoms with Crippen molar-refractivity contribution in [2.45, 2.75) is 26.3 Å². The molecular weight excluding hydrogens is 230 g/mol. The molecule has 0 saturated carbocycles. The van der Waals surface area contributed by atoms with Gasteiger partial charge in [0.2, 0.25) is 0 Å². The summed E-state index contributed by atoms with van der Waals surface area (Å²) in [4.78, 5) is 11.3. The summed E-state index contributed by atoms with van der Waals surface area (Å²) in [7, 11) is 0. The quantitative estimate of drug-likeness (QED) is 0.276. The molecule has 1 unspecified atom stereocenters. The normalized spacial score (nSPS) is 12.9. The minimum Gasteiger partial charge on any atom is -0.330 e. The van der Waals surface area contributed by atoms with Crippen molar-refractivity contribution in [2.75, 3.05) is 0 Å². The number of rotatable bonds is 4. The number of benzene rings is 1. The molecule has 1 aromatic rings. The molecule has 0 aliphatic heterocycles. The number of hydrogen-bond acceptors (Lipinski definition) is 4. The van der Waals surface area contributed by atoms with Gasteiger partial charge in [-0.25, -0.2) is 10.6 Å². The molecule has 1 atom stereocenters. The number of hydrazine groups is 1. The lowest BCUT2D eigenvalue weighted by atomic mass is 10.0. The predicted octanol–water partition coefficient (Wildman–Crippen LogP) is 0.934. The van der Waals surface area contributed by atoms with Crippen LogP contribution >= 0.6 is 0 Å². The lowest BCUT2D eigenvalue weighted by molar-refractivity contribution is 0.237. The fourth-order valence-corrected chi connectivity index (χ4v) is 1.60. The Hall–Kier alpha value is -2.08. The largest absolute Gasteiger partial charge is 0.330 e. The average Bonchev–Trinajstić information content (AvgIpc) is 2.38. The van der Waals surface area contributed by atoms with Crippen molar-refractivity contribution in [2.24, 2.45) is 16.8 Å². The van der Waals surface area contributed by atoms with Crippen molar-refractivity contribution in [3.05, 3.63) is 35.4 Å². The van der Waals surface area contributed by atoms with Crippen LogP contribution in [-0.4, -0.2) is 11.7 Å². The highest BCUT2D eigenvalue weighted by Crippen LogP contribution is 2.18. The van der Waals surface area contributed by atoms with Crippen LogP contribution < -0.4 is 22.4 Å². The highest BCUT2D eigenvalue weighted by atomic mass is 16.2. The Bertz CT molecular complexity index is 427. The minimum absolute atomic E-state index is 0.207. The van der Waals surface area contributed by atoms with Gasteiger partial charge in [-0.15, -0.1) is 0 Å². The van der Waals surface area contributed by atoms with Crippen LogP contribution in [0.25, 0.3) is 0 Å². The topological polar surface area (TPSA) is 106 Å². The SMILES string of the molecule is C/C(CC(NC(=O)NN)c1ccc(C)cc1)=N\N. The Morgan fingerprint density at radius 1 is 1.39 bits per heavy atom. The lowest BCUT2D eigenvalue weighted by Gasteiger charge is -2.18. The van der Waals surface area contributed by atoms with Gasteiger partial charge in [-0.05, 0) is 19.4 Å². The Balaban J connectivity index is 2.88. The number of nitrogens with zero attached hydrogens (tertiary/aromatic N) is 1. The number of aryl methyl sites for hydroxylation is 1. The average molecular weight is 249 g/mol. The Morgan fingerprint density at radius 3 is 2.50 bits per heavy atom. The zero-order valence-electron chi connectivity index (χ0n) is 10.6. The molecule has 18 heavy (non-hydrogen) atoms. The first-order valence-electron chi connectivity index (χ1n) is 5.64. The molecule has 1 rings (SSSR count). The zero-order chi connectivity index (χ0) is 13.5. The second-order valence-corrected chi connectivity index (χ2v) is 4.15. The molecule has 0 fully saturated rings. The van der Waals surface area contributed by atoms with Gasteiger partial charge in [0.15, 0.2) is 0 Å². The van der Waals surface area contributed by atoms with Gasteiger partial charge in [0, 0.05) is 12.1 Å². The van der Waals surface area contributed by atoms with E-state index in [4.69, 9.17) is 11.7 Å². The summed E-state index contributed by atoms with van der Waals surface area (Å²) in [5.74, 6) is 10.3. The summed E-state index contributed by atoms with van der Waals surface area (Å²) in [6.07, 6.45) is 0.535. The van der Waals surface area contributed by atoms with Gasteiger partial charge in [0.1, 0.15) is 0 Å². The molecule has 0 saturated heterocycles. The van der Waals surface area contributed by atoms with E-state index in [1.807, 2.05) is 43.5 Å². The van der Waals surface area contributed by atoms with Gasteiger partial charge in [-0.3, -0.25) is 5.43 Å². The molecular formula is C12H19N5O. The maximum Gasteiger partial charge on any atom is 0.329 e. The summed E-state index contributed by atoms with van der Waals surface area (Å²) in [5, 5.41) is 6.37. The monoisotopic (exact) mass is 249 g/mol. The smallest absolute Gasteiger partial charge is 0.329 e. The molecule has 98 valence electrons. The number of urea groups is 1. The first kappa shape index (κ1) is 14.0. The molecule has 6 nitrogen and oxygen atoms in total. The van der Waals surface area contributed by atoms with E-state index in [9.17, 15) is 4.79 Å². The Labute approximate surface area is 106 Å². The summed E-state index contributed by atoms with van der Waals surface area (Å²) in [5.41, 5.74) is 4.93. The summed E-state index contributed by atoms with van der Waals surface area (Å²) in [6.45, 7) is 3.81. The van der Waals surface area contributed by atoms with Gasteiger partial charge in [0.05, 0.1) is 6.04 Å².